The van der Waals surface area contributed by atoms with Crippen molar-refractivity contribution in [2.75, 3.05) is 51.7 Å². The summed E-state index contributed by atoms with van der Waals surface area (Å²) in [6.07, 6.45) is 5.69. The molecule has 1 amide bonds. The van der Waals surface area contributed by atoms with E-state index >= 15 is 4.39 Å². The van der Waals surface area contributed by atoms with Gasteiger partial charge in [0.2, 0.25) is 0 Å². The summed E-state index contributed by atoms with van der Waals surface area (Å²) < 4.78 is 37.9. The number of halogens is 3. The van der Waals surface area contributed by atoms with Crippen molar-refractivity contribution in [1.29, 1.82) is 5.41 Å². The van der Waals surface area contributed by atoms with Crippen LogP contribution in [-0.4, -0.2) is 76.0 Å². The Hall–Kier alpha value is -4.16. The summed E-state index contributed by atoms with van der Waals surface area (Å²) in [6, 6.07) is 11.3. The Bertz CT molecular complexity index is 1730. The van der Waals surface area contributed by atoms with Gasteiger partial charge in [0.1, 0.15) is 17.8 Å². The number of morpholine rings is 1. The third kappa shape index (κ3) is 7.00. The fraction of sp³-hybridized carbons (Fsp3) is 0.343. The largest absolute Gasteiger partial charge is 0.472 e. The van der Waals surface area contributed by atoms with Crippen molar-refractivity contribution in [2.45, 2.75) is 32.0 Å². The molecule has 0 spiro atoms. The van der Waals surface area contributed by atoms with E-state index in [1.807, 2.05) is 4.90 Å². The molecule has 1 unspecified atom stereocenters. The standard InChI is InChI=1S/C35H35Cl2FN4O6/c1-45-35(44)26-15-29(38)25(16-30(26)41-8-11-46-12-9-41)24-6-4-5-21-19-42(20-48-33(21)24)34(43)32-27(36)13-22(14-28(32)37)23(17-39)18-40-31-7-2-3-10-47-31/h4-6,13-18,31,39-40H,2-3,7-12,19-20H2,1H3/b23-18+,39-17?. The van der Waals surface area contributed by atoms with Gasteiger partial charge in [-0.15, -0.1) is 0 Å². The third-order valence-electron chi connectivity index (χ3n) is 8.59. The third-order valence-corrected chi connectivity index (χ3v) is 9.19. The lowest BCUT2D eigenvalue weighted by atomic mass is 9.97. The number of benzene rings is 3. The second-order valence-corrected chi connectivity index (χ2v) is 12.4. The SMILES string of the molecule is COC(=O)c1cc(F)c(-c2cccc3c2OCN(C(=O)c2c(Cl)cc(/C(C=N)=C/NC4CCCCO4)cc2Cl)C3)cc1N1CCOCC1. The molecule has 2 fully saturated rings. The van der Waals surface area contributed by atoms with Crippen molar-refractivity contribution in [3.05, 3.63) is 86.8 Å². The number of carbonyl (C=O) groups excluding carboxylic acids is 2. The first-order valence-corrected chi connectivity index (χ1v) is 16.4. The summed E-state index contributed by atoms with van der Waals surface area (Å²) in [7, 11) is 1.26. The summed E-state index contributed by atoms with van der Waals surface area (Å²) in [5, 5.41) is 11.4. The molecule has 3 aromatic rings. The lowest BCUT2D eigenvalue weighted by Crippen LogP contribution is -2.37. The molecule has 1 atom stereocenters. The Labute approximate surface area is 287 Å². The van der Waals surface area contributed by atoms with Crippen molar-refractivity contribution in [2.24, 2.45) is 0 Å². The van der Waals surface area contributed by atoms with Crippen LogP contribution >= 0.6 is 23.2 Å². The van der Waals surface area contributed by atoms with Crippen LogP contribution in [0.2, 0.25) is 10.0 Å². The molecule has 0 aromatic heterocycles. The molecule has 13 heteroatoms. The number of fused-ring (bicyclic) bond motifs is 1. The van der Waals surface area contributed by atoms with Crippen molar-refractivity contribution < 1.29 is 32.9 Å². The van der Waals surface area contributed by atoms with E-state index in [4.69, 9.17) is 47.6 Å². The molecule has 0 radical (unpaired) electrons. The highest BCUT2D eigenvalue weighted by molar-refractivity contribution is 6.40. The minimum Gasteiger partial charge on any atom is -0.472 e. The maximum absolute atomic E-state index is 15.7. The van der Waals surface area contributed by atoms with Gasteiger partial charge in [-0.25, -0.2) is 9.18 Å². The molecular weight excluding hydrogens is 662 g/mol. The van der Waals surface area contributed by atoms with Gasteiger partial charge in [0.05, 0.1) is 53.7 Å². The number of hydrogen-bond acceptors (Lipinski definition) is 9. The second-order valence-electron chi connectivity index (χ2n) is 11.6. The molecule has 3 aliphatic rings. The van der Waals surface area contributed by atoms with Gasteiger partial charge < -0.3 is 39.5 Å². The molecule has 0 bridgehead atoms. The fourth-order valence-corrected chi connectivity index (χ4v) is 6.74. The summed E-state index contributed by atoms with van der Waals surface area (Å²) in [4.78, 5) is 29.8. The van der Waals surface area contributed by atoms with Crippen LogP contribution in [0, 0.1) is 11.2 Å². The average molecular weight is 698 g/mol. The molecule has 0 aliphatic carbocycles. The minimum absolute atomic E-state index is 0.109. The van der Waals surface area contributed by atoms with Crippen LogP contribution in [0.4, 0.5) is 10.1 Å². The average Bonchev–Trinajstić information content (AvgIpc) is 3.11. The van der Waals surface area contributed by atoms with Gasteiger partial charge in [-0.2, -0.15) is 0 Å². The number of amides is 1. The van der Waals surface area contributed by atoms with Gasteiger partial charge in [-0.1, -0.05) is 41.4 Å². The first-order chi connectivity index (χ1) is 23.3. The quantitative estimate of drug-likeness (QED) is 0.202. The number of anilines is 1. The van der Waals surface area contributed by atoms with E-state index in [0.717, 1.165) is 19.3 Å². The van der Waals surface area contributed by atoms with E-state index in [1.54, 1.807) is 42.6 Å². The molecule has 3 heterocycles. The van der Waals surface area contributed by atoms with E-state index in [-0.39, 0.29) is 46.2 Å². The van der Waals surface area contributed by atoms with E-state index in [0.29, 0.717) is 66.6 Å². The van der Waals surface area contributed by atoms with E-state index < -0.39 is 17.7 Å². The Balaban J connectivity index is 1.25. The fourth-order valence-electron chi connectivity index (χ4n) is 6.09. The van der Waals surface area contributed by atoms with Gasteiger partial charge in [0.25, 0.3) is 5.91 Å². The van der Waals surface area contributed by atoms with Crippen molar-refractivity contribution >= 4 is 52.6 Å². The number of ether oxygens (including phenoxy) is 4. The number of para-hydroxylation sites is 1. The van der Waals surface area contributed by atoms with Gasteiger partial charge >= 0.3 is 5.97 Å². The lowest BCUT2D eigenvalue weighted by molar-refractivity contribution is 0.00347. The van der Waals surface area contributed by atoms with Crippen LogP contribution in [0.15, 0.2) is 48.7 Å². The summed E-state index contributed by atoms with van der Waals surface area (Å²) >= 11 is 13.3. The van der Waals surface area contributed by atoms with Crippen molar-refractivity contribution in [3.8, 4) is 16.9 Å². The van der Waals surface area contributed by atoms with E-state index in [2.05, 4.69) is 5.32 Å². The predicted octanol–water partition coefficient (Wildman–Crippen LogP) is 6.52. The molecule has 2 N–H and O–H groups in total. The first kappa shape index (κ1) is 33.7. The zero-order chi connectivity index (χ0) is 33.8. The summed E-state index contributed by atoms with van der Waals surface area (Å²) in [5.74, 6) is -1.25. The maximum Gasteiger partial charge on any atom is 0.340 e. The first-order valence-electron chi connectivity index (χ1n) is 15.7. The van der Waals surface area contributed by atoms with Crippen molar-refractivity contribution in [3.63, 3.8) is 0 Å². The van der Waals surface area contributed by atoms with Crippen LogP contribution in [0.5, 0.6) is 5.75 Å². The summed E-state index contributed by atoms with van der Waals surface area (Å²) in [6.45, 7) is 2.73. The molecule has 252 valence electrons. The molecule has 3 aromatic carbocycles. The zero-order valence-electron chi connectivity index (χ0n) is 26.3. The van der Waals surface area contributed by atoms with Gasteiger partial charge in [-0.05, 0) is 49.1 Å². The predicted molar refractivity (Wildman–Crippen MR) is 182 cm³/mol. The number of nitrogens with one attached hydrogen (secondary N) is 2. The second kappa shape index (κ2) is 14.9. The van der Waals surface area contributed by atoms with E-state index in [1.165, 1.54) is 24.3 Å². The van der Waals surface area contributed by atoms with Crippen LogP contribution in [-0.2, 0) is 20.8 Å². The monoisotopic (exact) mass is 696 g/mol. The minimum atomic E-state index is -0.636. The van der Waals surface area contributed by atoms with Crippen LogP contribution in [0.3, 0.4) is 0 Å². The Kier molecular flexibility index (Phi) is 10.5. The normalized spacial score (nSPS) is 18.1. The highest BCUT2D eigenvalue weighted by Crippen LogP contribution is 2.41. The van der Waals surface area contributed by atoms with E-state index in [9.17, 15) is 9.59 Å². The maximum atomic E-state index is 15.7. The van der Waals surface area contributed by atoms with Gasteiger partial charge in [0, 0.05) is 54.4 Å². The topological polar surface area (TPSA) is 113 Å². The lowest BCUT2D eigenvalue weighted by Gasteiger charge is -2.32. The number of rotatable bonds is 8. The van der Waals surface area contributed by atoms with Gasteiger partial charge in [0.15, 0.2) is 6.73 Å². The molecular formula is C35H35Cl2FN4O6. The number of nitrogens with zero attached hydrogens (tertiary/aromatic N) is 2. The molecule has 48 heavy (non-hydrogen) atoms. The summed E-state index contributed by atoms with van der Waals surface area (Å²) in [5.41, 5.74) is 3.27. The smallest absolute Gasteiger partial charge is 0.340 e. The van der Waals surface area contributed by atoms with Gasteiger partial charge in [-0.3, -0.25) is 4.79 Å². The number of hydrogen-bond donors (Lipinski definition) is 2. The van der Waals surface area contributed by atoms with Crippen LogP contribution in [0.1, 0.15) is 51.1 Å². The molecule has 10 nitrogen and oxygen atoms in total. The number of methoxy groups -OCH3 is 1. The highest BCUT2D eigenvalue weighted by Gasteiger charge is 2.30. The highest BCUT2D eigenvalue weighted by atomic mass is 35.5. The Morgan fingerprint density at radius 1 is 1.06 bits per heavy atom. The number of esters is 1. The van der Waals surface area contributed by atoms with Crippen LogP contribution in [0.25, 0.3) is 16.7 Å². The van der Waals surface area contributed by atoms with Crippen molar-refractivity contribution in [1.82, 2.24) is 10.2 Å². The number of carbonyl (C=O) groups is 2. The molecule has 3 aliphatic heterocycles. The zero-order valence-corrected chi connectivity index (χ0v) is 27.8. The Morgan fingerprint density at radius 3 is 2.52 bits per heavy atom. The number of allylic oxidation sites excluding steroid dienone is 1. The molecule has 0 saturated carbocycles. The van der Waals surface area contributed by atoms with Crippen LogP contribution < -0.4 is 15.0 Å². The molecule has 6 rings (SSSR count). The molecule has 2 saturated heterocycles. The Morgan fingerprint density at radius 2 is 1.83 bits per heavy atom.